The van der Waals surface area contributed by atoms with Gasteiger partial charge in [0.2, 0.25) is 6.79 Å². The molecule has 0 aromatic heterocycles. The fourth-order valence-corrected chi connectivity index (χ4v) is 2.31. The van der Waals surface area contributed by atoms with Crippen molar-refractivity contribution in [2.45, 2.75) is 39.0 Å². The van der Waals surface area contributed by atoms with Gasteiger partial charge in [-0.3, -0.25) is 0 Å². The molecule has 1 aliphatic heterocycles. The van der Waals surface area contributed by atoms with Gasteiger partial charge < -0.3 is 15.2 Å². The van der Waals surface area contributed by atoms with Crippen LogP contribution in [0.3, 0.4) is 0 Å². The first kappa shape index (κ1) is 12.2. The smallest absolute Gasteiger partial charge is 0.231 e. The Hall–Kier alpha value is -1.22. The van der Waals surface area contributed by atoms with Crippen molar-refractivity contribution in [2.24, 2.45) is 5.73 Å². The van der Waals surface area contributed by atoms with E-state index in [1.165, 1.54) is 11.1 Å². The van der Waals surface area contributed by atoms with E-state index in [0.717, 1.165) is 17.9 Å². The lowest BCUT2D eigenvalue weighted by atomic mass is 9.87. The number of rotatable bonds is 4. The van der Waals surface area contributed by atoms with E-state index in [2.05, 4.69) is 32.9 Å². The second-order valence-corrected chi connectivity index (χ2v) is 4.97. The van der Waals surface area contributed by atoms with Crippen LogP contribution in [0.15, 0.2) is 12.1 Å². The third-order valence-corrected chi connectivity index (χ3v) is 3.33. The summed E-state index contributed by atoms with van der Waals surface area (Å²) in [5.74, 6) is 2.69. The Balaban J connectivity index is 2.41. The van der Waals surface area contributed by atoms with E-state index >= 15 is 0 Å². The first-order valence-electron chi connectivity index (χ1n) is 6.27. The van der Waals surface area contributed by atoms with E-state index in [0.29, 0.717) is 25.2 Å². The van der Waals surface area contributed by atoms with E-state index in [4.69, 9.17) is 15.2 Å². The molecule has 3 heteroatoms. The van der Waals surface area contributed by atoms with Gasteiger partial charge in [0.1, 0.15) is 0 Å². The van der Waals surface area contributed by atoms with Gasteiger partial charge in [0.25, 0.3) is 0 Å². The molecular weight excluding hydrogens is 214 g/mol. The van der Waals surface area contributed by atoms with Crippen LogP contribution in [-0.2, 0) is 0 Å². The van der Waals surface area contributed by atoms with Gasteiger partial charge in [0, 0.05) is 0 Å². The molecule has 0 aliphatic carbocycles. The lowest BCUT2D eigenvalue weighted by molar-refractivity contribution is 0.174. The van der Waals surface area contributed by atoms with E-state index in [1.54, 1.807) is 0 Å². The Morgan fingerprint density at radius 2 is 1.71 bits per heavy atom. The van der Waals surface area contributed by atoms with E-state index in [1.807, 2.05) is 0 Å². The van der Waals surface area contributed by atoms with Gasteiger partial charge in [0.15, 0.2) is 11.5 Å². The molecule has 0 radical (unpaired) electrons. The molecule has 17 heavy (non-hydrogen) atoms. The molecule has 1 aromatic rings. The molecule has 2 N–H and O–H groups in total. The highest BCUT2D eigenvalue weighted by molar-refractivity contribution is 5.50. The second kappa shape index (κ2) is 4.96. The maximum atomic E-state index is 5.65. The summed E-state index contributed by atoms with van der Waals surface area (Å²) in [5, 5.41) is 0. The molecule has 1 aliphatic rings. The SMILES string of the molecule is CC(C)c1cc2c(cc1C(C)CCN)OCO2. The van der Waals surface area contributed by atoms with Crippen molar-refractivity contribution in [3.05, 3.63) is 23.3 Å². The Labute approximate surface area is 103 Å². The summed E-state index contributed by atoms with van der Waals surface area (Å²) in [6.45, 7) is 7.68. The predicted octanol–water partition coefficient (Wildman–Crippen LogP) is 2.99. The third-order valence-electron chi connectivity index (χ3n) is 3.33. The normalized spacial score (nSPS) is 15.4. The third kappa shape index (κ3) is 2.39. The highest BCUT2D eigenvalue weighted by Gasteiger charge is 2.21. The number of ether oxygens (including phenoxy) is 2. The van der Waals surface area contributed by atoms with Crippen LogP contribution in [-0.4, -0.2) is 13.3 Å². The van der Waals surface area contributed by atoms with Crippen molar-refractivity contribution in [2.75, 3.05) is 13.3 Å². The molecular formula is C14H21NO2. The molecule has 1 unspecified atom stereocenters. The van der Waals surface area contributed by atoms with Crippen LogP contribution < -0.4 is 15.2 Å². The topological polar surface area (TPSA) is 44.5 Å². The molecule has 0 saturated carbocycles. The molecule has 3 nitrogen and oxygen atoms in total. The van der Waals surface area contributed by atoms with E-state index in [9.17, 15) is 0 Å². The average molecular weight is 235 g/mol. The number of hydrogen-bond acceptors (Lipinski definition) is 3. The second-order valence-electron chi connectivity index (χ2n) is 4.97. The zero-order valence-corrected chi connectivity index (χ0v) is 10.8. The van der Waals surface area contributed by atoms with Crippen molar-refractivity contribution in [1.82, 2.24) is 0 Å². The van der Waals surface area contributed by atoms with Gasteiger partial charge in [-0.05, 0) is 48.1 Å². The van der Waals surface area contributed by atoms with Crippen molar-refractivity contribution in [3.8, 4) is 11.5 Å². The minimum absolute atomic E-state index is 0.335. The predicted molar refractivity (Wildman–Crippen MR) is 68.7 cm³/mol. The highest BCUT2D eigenvalue weighted by Crippen LogP contribution is 2.40. The summed E-state index contributed by atoms with van der Waals surface area (Å²) >= 11 is 0. The van der Waals surface area contributed by atoms with Gasteiger partial charge in [-0.15, -0.1) is 0 Å². The highest BCUT2D eigenvalue weighted by atomic mass is 16.7. The molecule has 0 spiro atoms. The summed E-state index contributed by atoms with van der Waals surface area (Å²) in [6.07, 6.45) is 0.999. The Morgan fingerprint density at radius 1 is 1.12 bits per heavy atom. The van der Waals surface area contributed by atoms with Gasteiger partial charge in [-0.25, -0.2) is 0 Å². The van der Waals surface area contributed by atoms with Gasteiger partial charge >= 0.3 is 0 Å². The zero-order valence-electron chi connectivity index (χ0n) is 10.8. The van der Waals surface area contributed by atoms with Crippen LogP contribution in [0.1, 0.15) is 50.2 Å². The molecule has 0 fully saturated rings. The van der Waals surface area contributed by atoms with Gasteiger partial charge in [0.05, 0.1) is 0 Å². The maximum absolute atomic E-state index is 5.65. The molecule has 1 atom stereocenters. The van der Waals surface area contributed by atoms with E-state index in [-0.39, 0.29) is 0 Å². The van der Waals surface area contributed by atoms with Gasteiger partial charge in [-0.2, -0.15) is 0 Å². The number of benzene rings is 1. The minimum Gasteiger partial charge on any atom is -0.454 e. The molecule has 1 aromatic carbocycles. The van der Waals surface area contributed by atoms with Crippen molar-refractivity contribution < 1.29 is 9.47 Å². The van der Waals surface area contributed by atoms with Crippen LogP contribution >= 0.6 is 0 Å². The number of nitrogens with two attached hydrogens (primary N) is 1. The number of fused-ring (bicyclic) bond motifs is 1. The molecule has 94 valence electrons. The van der Waals surface area contributed by atoms with Crippen LogP contribution in [0, 0.1) is 0 Å². The first-order valence-corrected chi connectivity index (χ1v) is 6.27. The molecule has 1 heterocycles. The largest absolute Gasteiger partial charge is 0.454 e. The van der Waals surface area contributed by atoms with Crippen LogP contribution in [0.4, 0.5) is 0 Å². The molecule has 0 amide bonds. The molecule has 0 saturated heterocycles. The van der Waals surface area contributed by atoms with Crippen molar-refractivity contribution in [3.63, 3.8) is 0 Å². The Kier molecular flexibility index (Phi) is 3.57. The summed E-state index contributed by atoms with van der Waals surface area (Å²) in [6, 6.07) is 4.24. The molecule has 2 rings (SSSR count). The Bertz CT molecular complexity index is 401. The van der Waals surface area contributed by atoms with Crippen LogP contribution in [0.2, 0.25) is 0 Å². The fraction of sp³-hybridized carbons (Fsp3) is 0.571. The van der Waals surface area contributed by atoms with Crippen LogP contribution in [0.25, 0.3) is 0 Å². The number of hydrogen-bond donors (Lipinski definition) is 1. The van der Waals surface area contributed by atoms with Crippen LogP contribution in [0.5, 0.6) is 11.5 Å². The van der Waals surface area contributed by atoms with Crippen molar-refractivity contribution in [1.29, 1.82) is 0 Å². The monoisotopic (exact) mass is 235 g/mol. The Morgan fingerprint density at radius 3 is 2.24 bits per heavy atom. The average Bonchev–Trinajstić information content (AvgIpc) is 2.74. The van der Waals surface area contributed by atoms with Gasteiger partial charge in [-0.1, -0.05) is 20.8 Å². The standard InChI is InChI=1S/C14H21NO2/c1-9(2)11-6-13-14(17-8-16-13)7-12(11)10(3)4-5-15/h6-7,9-10H,4-5,8,15H2,1-3H3. The summed E-state index contributed by atoms with van der Waals surface area (Å²) < 4.78 is 10.9. The summed E-state index contributed by atoms with van der Waals surface area (Å²) in [5.41, 5.74) is 8.33. The summed E-state index contributed by atoms with van der Waals surface area (Å²) in [7, 11) is 0. The maximum Gasteiger partial charge on any atom is 0.231 e. The van der Waals surface area contributed by atoms with E-state index < -0.39 is 0 Å². The quantitative estimate of drug-likeness (QED) is 0.872. The summed E-state index contributed by atoms with van der Waals surface area (Å²) in [4.78, 5) is 0. The first-order chi connectivity index (χ1) is 8.13. The lowest BCUT2D eigenvalue weighted by Crippen LogP contribution is -2.07. The molecule has 0 bridgehead atoms. The minimum atomic E-state index is 0.335. The zero-order chi connectivity index (χ0) is 12.4. The fourth-order valence-electron chi connectivity index (χ4n) is 2.31. The lowest BCUT2D eigenvalue weighted by Gasteiger charge is -2.19. The van der Waals surface area contributed by atoms with Crippen molar-refractivity contribution >= 4 is 0 Å².